The summed E-state index contributed by atoms with van der Waals surface area (Å²) in [6.45, 7) is 10.1. The number of hydrogen-bond donors (Lipinski definition) is 0. The van der Waals surface area contributed by atoms with Crippen molar-refractivity contribution in [2.75, 3.05) is 6.61 Å². The van der Waals surface area contributed by atoms with Gasteiger partial charge in [0.15, 0.2) is 0 Å². The van der Waals surface area contributed by atoms with Gasteiger partial charge in [0.1, 0.15) is 6.73 Å². The number of rotatable bonds is 7. The van der Waals surface area contributed by atoms with Crippen LogP contribution in [0.5, 0.6) is 0 Å². The van der Waals surface area contributed by atoms with Crippen LogP contribution in [0.15, 0.2) is 48.8 Å². The lowest BCUT2D eigenvalue weighted by molar-refractivity contribution is 0.0595. The van der Waals surface area contributed by atoms with Crippen molar-refractivity contribution >= 4 is 30.9 Å². The second-order valence-corrected chi connectivity index (χ2v) is 14.6. The van der Waals surface area contributed by atoms with Gasteiger partial charge in [-0.25, -0.2) is 4.98 Å². The number of aromatic nitrogens is 2. The van der Waals surface area contributed by atoms with E-state index in [1.165, 1.54) is 4.90 Å². The number of carbonyl (C=O) groups is 2. The van der Waals surface area contributed by atoms with Gasteiger partial charge in [-0.15, -0.1) is 0 Å². The Morgan fingerprint density at radius 1 is 1.03 bits per heavy atom. The van der Waals surface area contributed by atoms with Gasteiger partial charge in [-0.05, 0) is 42.8 Å². The van der Waals surface area contributed by atoms with Gasteiger partial charge >= 0.3 is 0 Å². The topological polar surface area (TPSA) is 64.4 Å². The second-order valence-electron chi connectivity index (χ2n) is 9.01. The Hall–Kier alpha value is -2.77. The lowest BCUT2D eigenvalue weighted by Crippen LogP contribution is -2.32. The van der Waals surface area contributed by atoms with Gasteiger partial charge in [-0.2, -0.15) is 0 Å². The fourth-order valence-corrected chi connectivity index (χ4v) is 4.45. The SMILES string of the molecule is C[C@H](c1ccc2c(c1)ncn2COCC[Si](C)(C)C)N1C(=O)c2ccccc2C1=O. The molecule has 0 radical (unpaired) electrons. The molecule has 1 aliphatic heterocycles. The minimum Gasteiger partial charge on any atom is -0.361 e. The van der Waals surface area contributed by atoms with Gasteiger partial charge in [0.05, 0.1) is 34.5 Å². The van der Waals surface area contributed by atoms with Gasteiger partial charge in [0.2, 0.25) is 0 Å². The van der Waals surface area contributed by atoms with E-state index in [1.807, 2.05) is 29.7 Å². The molecule has 2 heterocycles. The summed E-state index contributed by atoms with van der Waals surface area (Å²) >= 11 is 0. The van der Waals surface area contributed by atoms with Gasteiger partial charge in [-0.3, -0.25) is 14.5 Å². The minimum atomic E-state index is -1.11. The van der Waals surface area contributed by atoms with Crippen LogP contribution in [-0.4, -0.2) is 40.9 Å². The maximum atomic E-state index is 12.8. The van der Waals surface area contributed by atoms with E-state index in [0.29, 0.717) is 17.9 Å². The van der Waals surface area contributed by atoms with Gasteiger partial charge in [-0.1, -0.05) is 37.8 Å². The zero-order chi connectivity index (χ0) is 21.5. The molecular weight excluding hydrogens is 394 g/mol. The van der Waals surface area contributed by atoms with Crippen LogP contribution < -0.4 is 0 Å². The van der Waals surface area contributed by atoms with Crippen LogP contribution in [0, 0.1) is 0 Å². The van der Waals surface area contributed by atoms with Crippen LogP contribution in [0.1, 0.15) is 39.2 Å². The predicted molar refractivity (Wildman–Crippen MR) is 119 cm³/mol. The Balaban J connectivity index is 1.51. The molecule has 0 saturated heterocycles. The number of nitrogens with zero attached hydrogens (tertiary/aromatic N) is 3. The first kappa shape index (κ1) is 20.5. The third kappa shape index (κ3) is 3.82. The molecular formula is C23H27N3O3Si. The van der Waals surface area contributed by atoms with Crippen molar-refractivity contribution in [3.05, 3.63) is 65.5 Å². The third-order valence-corrected chi connectivity index (χ3v) is 7.27. The molecule has 0 fully saturated rings. The summed E-state index contributed by atoms with van der Waals surface area (Å²) in [6.07, 6.45) is 1.77. The molecule has 0 bridgehead atoms. The zero-order valence-electron chi connectivity index (χ0n) is 17.9. The van der Waals surface area contributed by atoms with Crippen molar-refractivity contribution in [3.63, 3.8) is 0 Å². The summed E-state index contributed by atoms with van der Waals surface area (Å²) in [5.74, 6) is -0.492. The standard InChI is InChI=1S/C23H27N3O3Si/c1-16(26-22(27)18-7-5-6-8-19(18)23(26)28)17-9-10-21-20(13-17)24-14-25(21)15-29-11-12-30(2,3)4/h5-10,13-14,16H,11-12,15H2,1-4H3/t16-/m1/s1. The summed E-state index contributed by atoms with van der Waals surface area (Å²) < 4.78 is 7.83. The molecule has 7 heteroatoms. The maximum absolute atomic E-state index is 12.8. The third-order valence-electron chi connectivity index (χ3n) is 5.57. The number of imide groups is 1. The van der Waals surface area contributed by atoms with Crippen LogP contribution >= 0.6 is 0 Å². The molecule has 0 spiro atoms. The van der Waals surface area contributed by atoms with E-state index in [1.54, 1.807) is 30.6 Å². The molecule has 1 aromatic heterocycles. The molecule has 156 valence electrons. The van der Waals surface area contributed by atoms with E-state index >= 15 is 0 Å². The van der Waals surface area contributed by atoms with Crippen LogP contribution in [-0.2, 0) is 11.5 Å². The van der Waals surface area contributed by atoms with E-state index in [2.05, 4.69) is 24.6 Å². The van der Waals surface area contributed by atoms with E-state index in [-0.39, 0.29) is 17.9 Å². The Labute approximate surface area is 177 Å². The number of amides is 2. The van der Waals surface area contributed by atoms with Crippen molar-refractivity contribution in [1.82, 2.24) is 14.5 Å². The summed E-state index contributed by atoms with van der Waals surface area (Å²) in [4.78, 5) is 31.4. The summed E-state index contributed by atoms with van der Waals surface area (Å²) in [7, 11) is -1.11. The summed E-state index contributed by atoms with van der Waals surface area (Å²) in [6, 6.07) is 13.6. The molecule has 0 unspecified atom stereocenters. The molecule has 2 amide bonds. The Bertz CT molecular complexity index is 1080. The lowest BCUT2D eigenvalue weighted by atomic mass is 10.1. The van der Waals surface area contributed by atoms with Gasteiger partial charge in [0, 0.05) is 14.7 Å². The molecule has 0 saturated carbocycles. The van der Waals surface area contributed by atoms with Crippen LogP contribution in [0.25, 0.3) is 11.0 Å². The van der Waals surface area contributed by atoms with Crippen molar-refractivity contribution in [2.24, 2.45) is 0 Å². The smallest absolute Gasteiger partial charge is 0.262 e. The molecule has 3 aromatic rings. The van der Waals surface area contributed by atoms with Crippen molar-refractivity contribution in [3.8, 4) is 0 Å². The highest BCUT2D eigenvalue weighted by Crippen LogP contribution is 2.32. The molecule has 0 N–H and O–H groups in total. The monoisotopic (exact) mass is 421 g/mol. The van der Waals surface area contributed by atoms with Crippen molar-refractivity contribution in [2.45, 2.75) is 45.4 Å². The zero-order valence-corrected chi connectivity index (χ0v) is 18.9. The van der Waals surface area contributed by atoms with E-state index in [0.717, 1.165) is 29.2 Å². The number of hydrogen-bond acceptors (Lipinski definition) is 4. The van der Waals surface area contributed by atoms with Crippen molar-refractivity contribution < 1.29 is 14.3 Å². The molecule has 1 atom stereocenters. The highest BCUT2D eigenvalue weighted by molar-refractivity contribution is 6.76. The molecule has 30 heavy (non-hydrogen) atoms. The summed E-state index contributed by atoms with van der Waals surface area (Å²) in [5, 5.41) is 0. The van der Waals surface area contributed by atoms with Gasteiger partial charge < -0.3 is 9.30 Å². The number of imidazole rings is 1. The fourth-order valence-electron chi connectivity index (χ4n) is 3.69. The molecule has 4 rings (SSSR count). The maximum Gasteiger partial charge on any atom is 0.262 e. The van der Waals surface area contributed by atoms with Crippen LogP contribution in [0.4, 0.5) is 0 Å². The lowest BCUT2D eigenvalue weighted by Gasteiger charge is -2.23. The Kier molecular flexibility index (Phi) is 5.34. The van der Waals surface area contributed by atoms with Crippen LogP contribution in [0.3, 0.4) is 0 Å². The average molecular weight is 422 g/mol. The minimum absolute atomic E-state index is 0.246. The highest BCUT2D eigenvalue weighted by atomic mass is 28.3. The number of carbonyl (C=O) groups excluding carboxylic acids is 2. The predicted octanol–water partition coefficient (Wildman–Crippen LogP) is 4.71. The first-order valence-corrected chi connectivity index (χ1v) is 14.0. The van der Waals surface area contributed by atoms with Gasteiger partial charge in [0.25, 0.3) is 11.8 Å². The normalized spacial score (nSPS) is 15.1. The highest BCUT2D eigenvalue weighted by Gasteiger charge is 2.38. The van der Waals surface area contributed by atoms with E-state index in [4.69, 9.17) is 4.74 Å². The van der Waals surface area contributed by atoms with Crippen LogP contribution in [0.2, 0.25) is 25.7 Å². The number of fused-ring (bicyclic) bond motifs is 2. The first-order valence-electron chi connectivity index (χ1n) is 10.3. The Morgan fingerprint density at radius 2 is 1.70 bits per heavy atom. The fraction of sp³-hybridized carbons (Fsp3) is 0.348. The largest absolute Gasteiger partial charge is 0.361 e. The van der Waals surface area contributed by atoms with E-state index < -0.39 is 8.07 Å². The number of ether oxygens (including phenoxy) is 1. The molecule has 0 aliphatic carbocycles. The Morgan fingerprint density at radius 3 is 2.33 bits per heavy atom. The second kappa shape index (κ2) is 7.81. The average Bonchev–Trinajstić information content (AvgIpc) is 3.23. The van der Waals surface area contributed by atoms with Crippen molar-refractivity contribution in [1.29, 1.82) is 0 Å². The molecule has 1 aliphatic rings. The quantitative estimate of drug-likeness (QED) is 0.315. The first-order chi connectivity index (χ1) is 14.3. The number of benzene rings is 2. The molecule has 2 aromatic carbocycles. The molecule has 6 nitrogen and oxygen atoms in total. The summed E-state index contributed by atoms with van der Waals surface area (Å²) in [5.41, 5.74) is 3.61. The van der Waals surface area contributed by atoms with E-state index in [9.17, 15) is 9.59 Å².